The van der Waals surface area contributed by atoms with Gasteiger partial charge in [-0.25, -0.2) is 4.98 Å². The predicted molar refractivity (Wildman–Crippen MR) is 120 cm³/mol. The molecule has 31 heavy (non-hydrogen) atoms. The summed E-state index contributed by atoms with van der Waals surface area (Å²) in [5.74, 6) is 0.349. The largest absolute Gasteiger partial charge is 0.496 e. The molecule has 4 rings (SSSR count). The molecular formula is C25H23N3O3. The van der Waals surface area contributed by atoms with Crippen LogP contribution in [0.4, 0.5) is 0 Å². The summed E-state index contributed by atoms with van der Waals surface area (Å²) < 4.78 is 7.15. The molecule has 0 atom stereocenters. The van der Waals surface area contributed by atoms with Gasteiger partial charge in [-0.1, -0.05) is 6.07 Å². The monoisotopic (exact) mass is 413 g/mol. The first-order valence-corrected chi connectivity index (χ1v) is 10.00. The molecule has 0 bridgehead atoms. The number of hydrogen-bond acceptors (Lipinski definition) is 5. The van der Waals surface area contributed by atoms with Crippen LogP contribution in [0.1, 0.15) is 38.6 Å². The number of carbonyl (C=O) groups is 1. The predicted octanol–water partition coefficient (Wildman–Crippen LogP) is 4.00. The second kappa shape index (κ2) is 8.14. The number of aromatic nitrogens is 3. The molecular weight excluding hydrogens is 390 g/mol. The molecule has 0 unspecified atom stereocenters. The van der Waals surface area contributed by atoms with E-state index < -0.39 is 0 Å². The summed E-state index contributed by atoms with van der Waals surface area (Å²) in [7, 11) is 1.58. The van der Waals surface area contributed by atoms with E-state index in [-0.39, 0.29) is 22.3 Å². The first-order chi connectivity index (χ1) is 14.9. The van der Waals surface area contributed by atoms with Gasteiger partial charge in [0, 0.05) is 23.1 Å². The Kier molecular flexibility index (Phi) is 5.38. The maximum Gasteiger partial charge on any atom is 0.218 e. The quantitative estimate of drug-likeness (QED) is 0.462. The molecule has 0 saturated carbocycles. The van der Waals surface area contributed by atoms with Crippen molar-refractivity contribution in [2.75, 3.05) is 7.11 Å². The van der Waals surface area contributed by atoms with Crippen LogP contribution >= 0.6 is 0 Å². The Bertz CT molecular complexity index is 1370. The van der Waals surface area contributed by atoms with E-state index in [0.29, 0.717) is 23.4 Å². The second-order valence-corrected chi connectivity index (χ2v) is 7.60. The molecule has 0 fully saturated rings. The molecule has 0 spiro atoms. The highest BCUT2D eigenvalue weighted by Gasteiger charge is 2.19. The number of pyridine rings is 3. The number of carbonyl (C=O) groups excluding carboxylic acids is 1. The summed E-state index contributed by atoms with van der Waals surface area (Å²) in [5, 5.41) is 0. The van der Waals surface area contributed by atoms with Gasteiger partial charge in [-0.3, -0.25) is 14.6 Å². The van der Waals surface area contributed by atoms with Crippen LogP contribution in [0, 0.1) is 20.8 Å². The van der Waals surface area contributed by atoms with E-state index in [2.05, 4.69) is 9.97 Å². The van der Waals surface area contributed by atoms with Crippen LogP contribution < -0.4 is 10.2 Å². The third-order valence-electron chi connectivity index (χ3n) is 5.25. The van der Waals surface area contributed by atoms with Gasteiger partial charge in [0.15, 0.2) is 5.78 Å². The summed E-state index contributed by atoms with van der Waals surface area (Å²) >= 11 is 0. The molecule has 0 amide bonds. The van der Waals surface area contributed by atoms with Gasteiger partial charge in [-0.05, 0) is 68.8 Å². The highest BCUT2D eigenvalue weighted by atomic mass is 16.5. The van der Waals surface area contributed by atoms with Crippen LogP contribution in [0.25, 0.3) is 11.0 Å². The molecule has 156 valence electrons. The molecule has 0 N–H and O–H groups in total. The molecule has 6 heteroatoms. The molecule has 0 aliphatic heterocycles. The Balaban J connectivity index is 1.89. The van der Waals surface area contributed by atoms with Crippen molar-refractivity contribution in [2.24, 2.45) is 0 Å². The summed E-state index contributed by atoms with van der Waals surface area (Å²) in [4.78, 5) is 35.5. The molecule has 0 aliphatic carbocycles. The van der Waals surface area contributed by atoms with E-state index in [9.17, 15) is 9.59 Å². The zero-order chi connectivity index (χ0) is 22.1. The average Bonchev–Trinajstić information content (AvgIpc) is 2.75. The highest BCUT2D eigenvalue weighted by molar-refractivity contribution is 6.10. The van der Waals surface area contributed by atoms with Gasteiger partial charge < -0.3 is 9.30 Å². The number of fused-ring (bicyclic) bond motifs is 1. The first-order valence-electron chi connectivity index (χ1n) is 10.00. The molecule has 0 radical (unpaired) electrons. The van der Waals surface area contributed by atoms with Crippen molar-refractivity contribution < 1.29 is 9.53 Å². The standard InChI is InChI=1S/C25H23N3O3/c1-15-12-18(9-11-22(15)31-4)24(29)20-14-28(13-19-7-5-6-16(2)26-19)21-10-8-17(3)27-23(21)25(20)30/h5-12,14H,13H2,1-4H3. The molecule has 3 aromatic heterocycles. The summed E-state index contributed by atoms with van der Waals surface area (Å²) in [6, 6.07) is 14.7. The van der Waals surface area contributed by atoms with Gasteiger partial charge in [0.1, 0.15) is 11.3 Å². The number of methoxy groups -OCH3 is 1. The topological polar surface area (TPSA) is 74.1 Å². The van der Waals surface area contributed by atoms with Gasteiger partial charge in [0.25, 0.3) is 0 Å². The second-order valence-electron chi connectivity index (χ2n) is 7.60. The Hall–Kier alpha value is -3.80. The van der Waals surface area contributed by atoms with Crippen LogP contribution in [-0.4, -0.2) is 27.4 Å². The minimum Gasteiger partial charge on any atom is -0.496 e. The number of ether oxygens (including phenoxy) is 1. The van der Waals surface area contributed by atoms with Crippen molar-refractivity contribution in [3.63, 3.8) is 0 Å². The number of rotatable bonds is 5. The SMILES string of the molecule is COc1ccc(C(=O)c2cn(Cc3cccc(C)n3)c3ccc(C)nc3c2=O)cc1C. The Morgan fingerprint density at radius 1 is 1.00 bits per heavy atom. The minimum atomic E-state index is -0.370. The smallest absolute Gasteiger partial charge is 0.218 e. The summed E-state index contributed by atoms with van der Waals surface area (Å²) in [6.45, 7) is 6.04. The van der Waals surface area contributed by atoms with Crippen molar-refractivity contribution in [3.8, 4) is 5.75 Å². The van der Waals surface area contributed by atoms with Crippen molar-refractivity contribution in [2.45, 2.75) is 27.3 Å². The fraction of sp³-hybridized carbons (Fsp3) is 0.200. The number of aryl methyl sites for hydroxylation is 3. The zero-order valence-corrected chi connectivity index (χ0v) is 18.0. The van der Waals surface area contributed by atoms with Crippen molar-refractivity contribution >= 4 is 16.8 Å². The van der Waals surface area contributed by atoms with Crippen LogP contribution in [-0.2, 0) is 6.54 Å². The lowest BCUT2D eigenvalue weighted by atomic mass is 10.0. The third-order valence-corrected chi connectivity index (χ3v) is 5.25. The van der Waals surface area contributed by atoms with E-state index in [0.717, 1.165) is 22.6 Å². The Morgan fingerprint density at radius 3 is 2.48 bits per heavy atom. The van der Waals surface area contributed by atoms with E-state index in [1.807, 2.05) is 55.7 Å². The normalized spacial score (nSPS) is 11.0. The van der Waals surface area contributed by atoms with E-state index in [1.54, 1.807) is 31.5 Å². The highest BCUT2D eigenvalue weighted by Crippen LogP contribution is 2.21. The Labute approximate surface area is 180 Å². The van der Waals surface area contributed by atoms with Gasteiger partial charge in [0.2, 0.25) is 5.43 Å². The van der Waals surface area contributed by atoms with Crippen LogP contribution in [0.15, 0.2) is 59.5 Å². The van der Waals surface area contributed by atoms with Crippen LogP contribution in [0.2, 0.25) is 0 Å². The van der Waals surface area contributed by atoms with E-state index >= 15 is 0 Å². The fourth-order valence-corrected chi connectivity index (χ4v) is 3.69. The number of benzene rings is 1. The van der Waals surface area contributed by atoms with E-state index in [4.69, 9.17) is 4.74 Å². The molecule has 0 saturated heterocycles. The van der Waals surface area contributed by atoms with Gasteiger partial charge >= 0.3 is 0 Å². The number of nitrogens with zero attached hydrogens (tertiary/aromatic N) is 3. The molecule has 3 heterocycles. The van der Waals surface area contributed by atoms with Gasteiger partial charge in [-0.2, -0.15) is 0 Å². The lowest BCUT2D eigenvalue weighted by Gasteiger charge is -2.14. The van der Waals surface area contributed by atoms with Crippen molar-refractivity contribution in [3.05, 3.63) is 98.7 Å². The van der Waals surface area contributed by atoms with E-state index in [1.165, 1.54) is 0 Å². The molecule has 6 nitrogen and oxygen atoms in total. The summed E-state index contributed by atoms with van der Waals surface area (Å²) in [5.41, 5.74) is 4.38. The summed E-state index contributed by atoms with van der Waals surface area (Å²) in [6.07, 6.45) is 1.62. The van der Waals surface area contributed by atoms with Crippen molar-refractivity contribution in [1.82, 2.24) is 14.5 Å². The molecule has 4 aromatic rings. The lowest BCUT2D eigenvalue weighted by Crippen LogP contribution is -2.21. The van der Waals surface area contributed by atoms with Gasteiger partial charge in [-0.15, -0.1) is 0 Å². The Morgan fingerprint density at radius 2 is 1.77 bits per heavy atom. The first kappa shape index (κ1) is 20.5. The third kappa shape index (κ3) is 3.97. The number of ketones is 1. The maximum absolute atomic E-state index is 13.3. The average molecular weight is 413 g/mol. The maximum atomic E-state index is 13.3. The number of hydrogen-bond donors (Lipinski definition) is 0. The molecule has 0 aliphatic rings. The van der Waals surface area contributed by atoms with Gasteiger partial charge in [0.05, 0.1) is 30.4 Å². The van der Waals surface area contributed by atoms with Crippen LogP contribution in [0.5, 0.6) is 5.75 Å². The fourth-order valence-electron chi connectivity index (χ4n) is 3.69. The minimum absolute atomic E-state index is 0.0859. The van der Waals surface area contributed by atoms with Crippen molar-refractivity contribution in [1.29, 1.82) is 0 Å². The molecule has 1 aromatic carbocycles. The zero-order valence-electron chi connectivity index (χ0n) is 18.0. The van der Waals surface area contributed by atoms with Crippen LogP contribution in [0.3, 0.4) is 0 Å². The lowest BCUT2D eigenvalue weighted by molar-refractivity contribution is 0.103.